The third kappa shape index (κ3) is 7.10. The van der Waals surface area contributed by atoms with Crippen LogP contribution in [0.25, 0.3) is 27.5 Å². The lowest BCUT2D eigenvalue weighted by Crippen LogP contribution is -2.46. The zero-order chi connectivity index (χ0) is 41.8. The van der Waals surface area contributed by atoms with Gasteiger partial charge in [-0.3, -0.25) is 18.8 Å². The van der Waals surface area contributed by atoms with Gasteiger partial charge in [0.25, 0.3) is 11.7 Å². The number of nitrogens with zero attached hydrogens (tertiary/aromatic N) is 2. The Morgan fingerprint density at radius 1 is 0.982 bits per heavy atom. The van der Waals surface area contributed by atoms with E-state index < -0.39 is 77.3 Å². The van der Waals surface area contributed by atoms with E-state index in [-0.39, 0.29) is 55.7 Å². The van der Waals surface area contributed by atoms with Gasteiger partial charge in [-0.15, -0.1) is 0 Å². The lowest BCUT2D eigenvalue weighted by Gasteiger charge is -2.38. The van der Waals surface area contributed by atoms with Gasteiger partial charge in [0.15, 0.2) is 5.75 Å². The fourth-order valence-electron chi connectivity index (χ4n) is 8.03. The van der Waals surface area contributed by atoms with E-state index in [9.17, 15) is 34.8 Å². The lowest BCUT2D eigenvalue weighted by atomic mass is 9.78. The molecule has 14 nitrogen and oxygen atoms in total. The summed E-state index contributed by atoms with van der Waals surface area (Å²) in [5.74, 6) is -6.96. The van der Waals surface area contributed by atoms with Gasteiger partial charge in [-0.25, -0.2) is 4.98 Å². The number of aromatic hydroxyl groups is 2. The number of ketones is 1. The minimum Gasteiger partial charge on any atom is -0.507 e. The third-order valence-corrected chi connectivity index (χ3v) is 11.5. The number of rotatable bonds is 2. The summed E-state index contributed by atoms with van der Waals surface area (Å²) in [7, 11) is 1.46. The number of aryl methyl sites for hydroxylation is 1. The molecule has 0 unspecified atom stereocenters. The van der Waals surface area contributed by atoms with E-state index in [0.29, 0.717) is 5.65 Å². The van der Waals surface area contributed by atoms with Gasteiger partial charge in [-0.1, -0.05) is 45.9 Å². The van der Waals surface area contributed by atoms with E-state index in [1.54, 1.807) is 63.4 Å². The van der Waals surface area contributed by atoms with E-state index in [4.69, 9.17) is 23.9 Å². The molecule has 6 rings (SSSR count). The predicted octanol–water partition coefficient (Wildman–Crippen LogP) is 6.16. The summed E-state index contributed by atoms with van der Waals surface area (Å²) in [6, 6.07) is 3.64. The minimum atomic E-state index is -1.96. The van der Waals surface area contributed by atoms with Crippen LogP contribution in [0.5, 0.6) is 17.2 Å². The largest absolute Gasteiger partial charge is 0.507 e. The van der Waals surface area contributed by atoms with Crippen molar-refractivity contribution in [2.75, 3.05) is 12.4 Å². The quantitative estimate of drug-likeness (QED) is 0.115. The van der Waals surface area contributed by atoms with Crippen molar-refractivity contribution < 1.29 is 53.8 Å². The molecule has 14 heteroatoms. The highest BCUT2D eigenvalue weighted by atomic mass is 16.7. The number of methoxy groups -OCH3 is 1. The number of Topliss-reactive ketones (excluding diaryl/α,β-unsaturated/α-hetero) is 1. The molecule has 57 heavy (non-hydrogen) atoms. The molecule has 0 spiro atoms. The average molecular weight is 786 g/mol. The zero-order valence-electron chi connectivity index (χ0n) is 33.8. The number of carbonyl (C=O) groups excluding carboxylic acids is 3. The molecule has 0 radical (unpaired) electrons. The number of ether oxygens (including phenoxy) is 4. The van der Waals surface area contributed by atoms with E-state index in [1.165, 1.54) is 40.2 Å². The molecule has 2 aromatic carbocycles. The van der Waals surface area contributed by atoms with Crippen molar-refractivity contribution in [2.45, 2.75) is 92.5 Å². The highest BCUT2D eigenvalue weighted by Crippen LogP contribution is 2.54. The first-order chi connectivity index (χ1) is 26.8. The Hall–Kier alpha value is -5.44. The maximum absolute atomic E-state index is 14.6. The van der Waals surface area contributed by atoms with Gasteiger partial charge in [-0.05, 0) is 44.5 Å². The first-order valence-electron chi connectivity index (χ1n) is 19.0. The number of hydrogen-bond donors (Lipinski definition) is 5. The third-order valence-electron chi connectivity index (χ3n) is 11.5. The van der Waals surface area contributed by atoms with Crippen LogP contribution in [0.2, 0.25) is 0 Å². The maximum Gasteiger partial charge on any atom is 0.312 e. The summed E-state index contributed by atoms with van der Waals surface area (Å²) in [6.07, 6.45) is 5.62. The fraction of sp³-hybridized carbons (Fsp3) is 0.442. The molecule has 4 heterocycles. The van der Waals surface area contributed by atoms with Crippen LogP contribution in [0.15, 0.2) is 54.5 Å². The van der Waals surface area contributed by atoms with Crippen LogP contribution >= 0.6 is 0 Å². The topological polar surface area (TPSA) is 198 Å². The number of aliphatic hydroxyl groups excluding tert-OH is 2. The first-order valence-corrected chi connectivity index (χ1v) is 19.0. The molecule has 0 saturated carbocycles. The normalized spacial score (nSPS) is 30.8. The Labute approximate surface area is 330 Å². The number of phenolic OH excluding ortho intramolecular Hbond substituents is 2. The van der Waals surface area contributed by atoms with Crippen LogP contribution in [0.1, 0.15) is 70.0 Å². The minimum absolute atomic E-state index is 0.0185. The van der Waals surface area contributed by atoms with Crippen LogP contribution in [-0.2, 0) is 23.8 Å². The van der Waals surface area contributed by atoms with E-state index in [2.05, 4.69) is 5.32 Å². The number of allylic oxidation sites excluding steroid dienone is 2. The van der Waals surface area contributed by atoms with Crippen molar-refractivity contribution in [1.29, 1.82) is 0 Å². The molecule has 2 aliphatic rings. The van der Waals surface area contributed by atoms with Crippen molar-refractivity contribution in [3.63, 3.8) is 0 Å². The highest BCUT2D eigenvalue weighted by Gasteiger charge is 2.50. The summed E-state index contributed by atoms with van der Waals surface area (Å²) in [4.78, 5) is 45.6. The number of imidazole rings is 1. The number of aliphatic hydroxyl groups is 2. The summed E-state index contributed by atoms with van der Waals surface area (Å²) in [6.45, 7) is 14.7. The molecule has 0 saturated heterocycles. The molecule has 4 bridgehead atoms. The number of benzene rings is 2. The summed E-state index contributed by atoms with van der Waals surface area (Å²) in [5.41, 5.74) is 2.18. The molecule has 0 aliphatic carbocycles. The molecular formula is C43H51N3O11. The fourth-order valence-corrected chi connectivity index (χ4v) is 8.03. The van der Waals surface area contributed by atoms with Gasteiger partial charge in [0.1, 0.15) is 40.0 Å². The van der Waals surface area contributed by atoms with E-state index >= 15 is 0 Å². The number of aromatic nitrogens is 2. The second-order valence-electron chi connectivity index (χ2n) is 15.6. The molecule has 1 amide bonds. The maximum atomic E-state index is 14.6. The van der Waals surface area contributed by atoms with E-state index in [1.807, 2.05) is 19.1 Å². The second kappa shape index (κ2) is 15.5. The number of phenols is 2. The Kier molecular flexibility index (Phi) is 11.2. The van der Waals surface area contributed by atoms with Gasteiger partial charge < -0.3 is 44.7 Å². The molecule has 5 N–H and O–H groups in total. The number of amides is 1. The zero-order valence-corrected chi connectivity index (χ0v) is 33.8. The monoisotopic (exact) mass is 785 g/mol. The number of hydrogen-bond acceptors (Lipinski definition) is 12. The van der Waals surface area contributed by atoms with Gasteiger partial charge in [0, 0.05) is 67.3 Å². The van der Waals surface area contributed by atoms with Crippen molar-refractivity contribution in [2.24, 2.45) is 23.7 Å². The van der Waals surface area contributed by atoms with Crippen molar-refractivity contribution in [3.05, 3.63) is 71.2 Å². The average Bonchev–Trinajstić information content (AvgIpc) is 3.67. The van der Waals surface area contributed by atoms with Gasteiger partial charge in [-0.2, -0.15) is 0 Å². The van der Waals surface area contributed by atoms with Gasteiger partial charge in [0.05, 0.1) is 35.5 Å². The molecule has 2 aliphatic heterocycles. The Bertz CT molecular complexity index is 2380. The van der Waals surface area contributed by atoms with Crippen LogP contribution in [0.4, 0.5) is 5.69 Å². The molecule has 0 fully saturated rings. The van der Waals surface area contributed by atoms with Crippen LogP contribution < -0.4 is 10.1 Å². The second-order valence-corrected chi connectivity index (χ2v) is 15.6. The Morgan fingerprint density at radius 2 is 1.68 bits per heavy atom. The Morgan fingerprint density at radius 3 is 2.35 bits per heavy atom. The standard InChI is InChI=1S/C43H51N3O11/c1-19-14-16-46-28(18-19)44-32-29-30-37(50)25(7)40-31(29)41(52)43(9,57-40)55-17-15-27(54-10)22(4)39(56-26(8)47)24(6)36(49)23(5)35(48)20(2)12-11-13-21(3)42(53)45-33(34(32)46)38(30)51/h11-18,20,22-24,27,35-36,39,48-51H,1-10H3,(H,45,53)/b12-11-,17-15-,21-13-/t20-,22-,23+,24-,27-,35-,36+,39+,43-/m0/s1. The van der Waals surface area contributed by atoms with Gasteiger partial charge >= 0.3 is 11.8 Å². The molecule has 304 valence electrons. The van der Waals surface area contributed by atoms with Crippen LogP contribution in [-0.4, -0.2) is 84.8 Å². The number of carbonyl (C=O) groups is 3. The van der Waals surface area contributed by atoms with Crippen molar-refractivity contribution in [1.82, 2.24) is 9.38 Å². The SMILES string of the molecule is CO[C@H]1/C=C\O[C@@]2(C)Oc3c(C)c(O)c4c(O)c(c5c(nc6cc(C)ccn65)c4c3C2=O)NC(=O)/C(C)=C\C=C/[C@H](C)[C@H](O)[C@@H](C)[C@@H](O)[C@H](C)[C@H](OC(C)=O)[C@H]1C. The predicted molar refractivity (Wildman–Crippen MR) is 213 cm³/mol. The molecule has 2 aromatic heterocycles. The van der Waals surface area contributed by atoms with Crippen molar-refractivity contribution in [3.8, 4) is 17.2 Å². The number of fused-ring (bicyclic) bond motifs is 2. The molecule has 9 atom stereocenters. The highest BCUT2D eigenvalue weighted by molar-refractivity contribution is 6.28. The van der Waals surface area contributed by atoms with Crippen LogP contribution in [0.3, 0.4) is 0 Å². The van der Waals surface area contributed by atoms with Crippen molar-refractivity contribution >= 4 is 50.8 Å². The number of esters is 1. The van der Waals surface area contributed by atoms with E-state index in [0.717, 1.165) is 5.56 Å². The Balaban J connectivity index is 1.58. The molecule has 4 aromatic rings. The smallest absolute Gasteiger partial charge is 0.312 e. The van der Waals surface area contributed by atoms with Gasteiger partial charge in [0.2, 0.25) is 0 Å². The summed E-state index contributed by atoms with van der Waals surface area (Å²) >= 11 is 0. The number of pyridine rings is 1. The summed E-state index contributed by atoms with van der Waals surface area (Å²) in [5, 5.41) is 49.4. The number of nitrogens with one attached hydrogen (secondary N) is 1. The van der Waals surface area contributed by atoms with Crippen LogP contribution in [0, 0.1) is 37.5 Å². The lowest BCUT2D eigenvalue weighted by molar-refractivity contribution is -0.160. The summed E-state index contributed by atoms with van der Waals surface area (Å²) < 4.78 is 25.5. The first kappa shape index (κ1) is 41.2. The molecular weight excluding hydrogens is 734 g/mol. The number of anilines is 1.